The zero-order valence-electron chi connectivity index (χ0n) is 10.6. The molecule has 0 spiro atoms. The van der Waals surface area contributed by atoms with Crippen LogP contribution >= 0.6 is 0 Å². The Morgan fingerprint density at radius 2 is 2.06 bits per heavy atom. The van der Waals surface area contributed by atoms with E-state index in [1.165, 1.54) is 0 Å². The van der Waals surface area contributed by atoms with Gasteiger partial charge in [-0.2, -0.15) is 0 Å². The standard InChI is InChI=1S/C11H18N4O3/c1-3-9(16)12-13-10(17)8-5-4-7-6-15(8)11(18)14(7)2/h7-8H,3-6H2,1-2H3,(H,12,16)(H,13,17). The van der Waals surface area contributed by atoms with E-state index in [1.54, 1.807) is 23.8 Å². The molecule has 2 N–H and O–H groups in total. The summed E-state index contributed by atoms with van der Waals surface area (Å²) in [5, 5.41) is 0. The summed E-state index contributed by atoms with van der Waals surface area (Å²) in [6, 6.07) is -0.373. The van der Waals surface area contributed by atoms with E-state index in [2.05, 4.69) is 10.9 Å². The van der Waals surface area contributed by atoms with E-state index in [9.17, 15) is 14.4 Å². The quantitative estimate of drug-likeness (QED) is 0.648. The van der Waals surface area contributed by atoms with E-state index in [0.717, 1.165) is 6.42 Å². The Balaban J connectivity index is 1.95. The summed E-state index contributed by atoms with van der Waals surface area (Å²) in [6.07, 6.45) is 1.76. The van der Waals surface area contributed by atoms with Crippen LogP contribution in [-0.2, 0) is 9.59 Å². The molecule has 7 heteroatoms. The van der Waals surface area contributed by atoms with Gasteiger partial charge in [-0.15, -0.1) is 0 Å². The third kappa shape index (κ3) is 2.12. The average molecular weight is 254 g/mol. The Morgan fingerprint density at radius 3 is 2.72 bits per heavy atom. The molecule has 2 rings (SSSR count). The number of hydrogen-bond donors (Lipinski definition) is 2. The third-order valence-corrected chi connectivity index (χ3v) is 3.60. The van der Waals surface area contributed by atoms with Crippen molar-refractivity contribution >= 4 is 17.8 Å². The molecule has 0 saturated carbocycles. The van der Waals surface area contributed by atoms with Gasteiger partial charge in [-0.3, -0.25) is 20.4 Å². The number of carbonyl (C=O) groups excluding carboxylic acids is 3. The molecule has 2 saturated heterocycles. The fraction of sp³-hybridized carbons (Fsp3) is 0.727. The Labute approximate surface area is 105 Å². The molecule has 2 atom stereocenters. The predicted molar refractivity (Wildman–Crippen MR) is 63.3 cm³/mol. The molecule has 2 unspecified atom stereocenters. The maximum Gasteiger partial charge on any atom is 0.320 e. The number of fused-ring (bicyclic) bond motifs is 2. The van der Waals surface area contributed by atoms with Gasteiger partial charge in [0.1, 0.15) is 6.04 Å². The Bertz CT molecular complexity index is 384. The Morgan fingerprint density at radius 1 is 1.33 bits per heavy atom. The summed E-state index contributed by atoms with van der Waals surface area (Å²) >= 11 is 0. The van der Waals surface area contributed by atoms with Crippen molar-refractivity contribution in [1.82, 2.24) is 20.7 Å². The van der Waals surface area contributed by atoms with Crippen molar-refractivity contribution in [3.05, 3.63) is 0 Å². The molecule has 4 amide bonds. The lowest BCUT2D eigenvalue weighted by molar-refractivity contribution is -0.131. The molecule has 100 valence electrons. The largest absolute Gasteiger partial charge is 0.323 e. The van der Waals surface area contributed by atoms with Gasteiger partial charge in [0.25, 0.3) is 5.91 Å². The van der Waals surface area contributed by atoms with Gasteiger partial charge >= 0.3 is 6.03 Å². The summed E-state index contributed by atoms with van der Waals surface area (Å²) in [4.78, 5) is 38.1. The first-order valence-electron chi connectivity index (χ1n) is 6.16. The average Bonchev–Trinajstić information content (AvgIpc) is 2.61. The summed E-state index contributed by atoms with van der Waals surface area (Å²) in [5.41, 5.74) is 4.69. The van der Waals surface area contributed by atoms with Crippen LogP contribution in [0.1, 0.15) is 26.2 Å². The summed E-state index contributed by atoms with van der Waals surface area (Å²) in [5.74, 6) is -0.569. The van der Waals surface area contributed by atoms with Crippen LogP contribution in [0.3, 0.4) is 0 Å². The Kier molecular flexibility index (Phi) is 3.40. The summed E-state index contributed by atoms with van der Waals surface area (Å²) in [6.45, 7) is 2.29. The van der Waals surface area contributed by atoms with E-state index in [0.29, 0.717) is 19.4 Å². The number of likely N-dealkylation sites (N-methyl/N-ethyl adjacent to an activating group) is 1. The van der Waals surface area contributed by atoms with Crippen molar-refractivity contribution in [3.63, 3.8) is 0 Å². The van der Waals surface area contributed by atoms with Crippen molar-refractivity contribution < 1.29 is 14.4 Å². The summed E-state index contributed by atoms with van der Waals surface area (Å²) in [7, 11) is 1.76. The normalized spacial score (nSPS) is 26.2. The molecule has 2 fully saturated rings. The fourth-order valence-corrected chi connectivity index (χ4v) is 2.41. The van der Waals surface area contributed by atoms with E-state index in [4.69, 9.17) is 0 Å². The number of amides is 4. The third-order valence-electron chi connectivity index (χ3n) is 3.60. The van der Waals surface area contributed by atoms with Crippen molar-refractivity contribution in [2.75, 3.05) is 13.6 Å². The second-order valence-electron chi connectivity index (χ2n) is 4.68. The van der Waals surface area contributed by atoms with E-state index >= 15 is 0 Å². The molecule has 7 nitrogen and oxygen atoms in total. The number of rotatable bonds is 2. The smallest absolute Gasteiger partial charge is 0.320 e. The highest BCUT2D eigenvalue weighted by atomic mass is 16.2. The van der Waals surface area contributed by atoms with E-state index < -0.39 is 6.04 Å². The number of nitrogens with zero attached hydrogens (tertiary/aromatic N) is 2. The minimum atomic E-state index is -0.476. The van der Waals surface area contributed by atoms with Gasteiger partial charge in [0.15, 0.2) is 0 Å². The lowest BCUT2D eigenvalue weighted by Gasteiger charge is -2.29. The van der Waals surface area contributed by atoms with E-state index in [1.807, 2.05) is 0 Å². The van der Waals surface area contributed by atoms with Crippen molar-refractivity contribution in [1.29, 1.82) is 0 Å². The van der Waals surface area contributed by atoms with Crippen LogP contribution in [0.15, 0.2) is 0 Å². The molecule has 0 aromatic carbocycles. The fourth-order valence-electron chi connectivity index (χ4n) is 2.41. The van der Waals surface area contributed by atoms with Crippen LogP contribution < -0.4 is 10.9 Å². The molecule has 2 aliphatic heterocycles. The van der Waals surface area contributed by atoms with Crippen LogP contribution in [0.5, 0.6) is 0 Å². The van der Waals surface area contributed by atoms with Crippen LogP contribution in [0, 0.1) is 0 Å². The van der Waals surface area contributed by atoms with Gasteiger partial charge in [0.2, 0.25) is 5.91 Å². The highest BCUT2D eigenvalue weighted by Gasteiger charge is 2.45. The molecule has 0 aromatic rings. The van der Waals surface area contributed by atoms with Crippen molar-refractivity contribution in [2.24, 2.45) is 0 Å². The Hall–Kier alpha value is -1.79. The van der Waals surface area contributed by atoms with Gasteiger partial charge in [-0.25, -0.2) is 4.79 Å². The molecular formula is C11H18N4O3. The van der Waals surface area contributed by atoms with Crippen LogP contribution in [0.25, 0.3) is 0 Å². The molecule has 2 bridgehead atoms. The minimum Gasteiger partial charge on any atom is -0.323 e. The molecular weight excluding hydrogens is 236 g/mol. The SMILES string of the molecule is CCC(=O)NNC(=O)C1CCC2CN1C(=O)N2C. The monoisotopic (exact) mass is 254 g/mol. The highest BCUT2D eigenvalue weighted by Crippen LogP contribution is 2.28. The number of piperidine rings is 1. The maximum atomic E-state index is 11.9. The predicted octanol–water partition coefficient (Wildman–Crippen LogP) is -0.558. The number of hydrazine groups is 1. The zero-order valence-corrected chi connectivity index (χ0v) is 10.6. The second kappa shape index (κ2) is 4.83. The van der Waals surface area contributed by atoms with Crippen molar-refractivity contribution in [3.8, 4) is 0 Å². The van der Waals surface area contributed by atoms with Crippen LogP contribution in [-0.4, -0.2) is 53.3 Å². The number of nitrogens with one attached hydrogen (secondary N) is 2. The van der Waals surface area contributed by atoms with Crippen LogP contribution in [0.2, 0.25) is 0 Å². The highest BCUT2D eigenvalue weighted by molar-refractivity contribution is 5.90. The van der Waals surface area contributed by atoms with Gasteiger partial charge in [0.05, 0.1) is 6.04 Å². The van der Waals surface area contributed by atoms with Gasteiger partial charge in [0, 0.05) is 20.0 Å². The second-order valence-corrected chi connectivity index (χ2v) is 4.68. The molecule has 0 aromatic heterocycles. The first kappa shape index (κ1) is 12.7. The zero-order chi connectivity index (χ0) is 13.3. The van der Waals surface area contributed by atoms with Gasteiger partial charge in [-0.05, 0) is 12.8 Å². The number of urea groups is 1. The molecule has 0 aliphatic carbocycles. The van der Waals surface area contributed by atoms with Gasteiger partial charge in [-0.1, -0.05) is 6.92 Å². The van der Waals surface area contributed by atoms with Crippen LogP contribution in [0.4, 0.5) is 4.79 Å². The topological polar surface area (TPSA) is 81.8 Å². The molecule has 18 heavy (non-hydrogen) atoms. The minimum absolute atomic E-state index is 0.112. The lowest BCUT2D eigenvalue weighted by atomic mass is 10.0. The summed E-state index contributed by atoms with van der Waals surface area (Å²) < 4.78 is 0. The van der Waals surface area contributed by atoms with Crippen molar-refractivity contribution in [2.45, 2.75) is 38.3 Å². The van der Waals surface area contributed by atoms with Gasteiger partial charge < -0.3 is 9.80 Å². The number of hydrogen-bond acceptors (Lipinski definition) is 3. The first-order chi connectivity index (χ1) is 8.54. The van der Waals surface area contributed by atoms with E-state index in [-0.39, 0.29) is 23.9 Å². The number of carbonyl (C=O) groups is 3. The molecule has 2 heterocycles. The lowest BCUT2D eigenvalue weighted by Crippen LogP contribution is -2.54. The maximum absolute atomic E-state index is 11.9. The first-order valence-corrected chi connectivity index (χ1v) is 6.16. The molecule has 2 aliphatic rings. The molecule has 0 radical (unpaired) electrons.